The van der Waals surface area contributed by atoms with Crippen LogP contribution in [-0.4, -0.2) is 30.1 Å². The molecule has 0 saturated carbocycles. The summed E-state index contributed by atoms with van der Waals surface area (Å²) >= 11 is 16.8. The van der Waals surface area contributed by atoms with E-state index in [1.54, 1.807) is 42.5 Å². The molecule has 0 saturated heterocycles. The fourth-order valence-electron chi connectivity index (χ4n) is 2.06. The van der Waals surface area contributed by atoms with Crippen LogP contribution in [-0.2, 0) is 9.59 Å². The first kappa shape index (κ1) is 22.7. The summed E-state index contributed by atoms with van der Waals surface area (Å²) in [6, 6.07) is 13.8. The van der Waals surface area contributed by atoms with Gasteiger partial charge >= 0.3 is 0 Å². The number of thiocarbonyl (C=S) groups is 1. The summed E-state index contributed by atoms with van der Waals surface area (Å²) in [6.07, 6.45) is 0.628. The number of hydrogen-bond donors (Lipinski definition) is 3. The Balaban J connectivity index is 1.57. The molecular formula is C19H19Cl2N3O4S. The van der Waals surface area contributed by atoms with Crippen molar-refractivity contribution in [2.24, 2.45) is 0 Å². The molecule has 10 heteroatoms. The van der Waals surface area contributed by atoms with Crippen LogP contribution in [0.1, 0.15) is 12.8 Å². The standard InChI is InChI=1S/C19H19Cl2N3O4S/c20-13-8-9-16(15(21)11-13)27-10-4-7-17(25)22-19(29)24-23-18(26)12-28-14-5-2-1-3-6-14/h1-3,5-6,8-9,11H,4,7,10,12H2,(H,23,26)(H2,22,24,25,29). The molecule has 0 radical (unpaired) electrons. The molecule has 154 valence electrons. The van der Waals surface area contributed by atoms with Gasteiger partial charge in [0.25, 0.3) is 5.91 Å². The molecule has 0 atom stereocenters. The summed E-state index contributed by atoms with van der Waals surface area (Å²) < 4.78 is 10.8. The molecule has 0 unspecified atom stereocenters. The van der Waals surface area contributed by atoms with Gasteiger partial charge in [0.15, 0.2) is 11.7 Å². The number of benzene rings is 2. The van der Waals surface area contributed by atoms with Crippen molar-refractivity contribution in [3.05, 3.63) is 58.6 Å². The van der Waals surface area contributed by atoms with Crippen molar-refractivity contribution < 1.29 is 19.1 Å². The van der Waals surface area contributed by atoms with E-state index in [4.69, 9.17) is 44.9 Å². The maximum Gasteiger partial charge on any atom is 0.276 e. The molecule has 0 heterocycles. The summed E-state index contributed by atoms with van der Waals surface area (Å²) in [4.78, 5) is 23.6. The van der Waals surface area contributed by atoms with Crippen molar-refractivity contribution in [1.82, 2.24) is 16.2 Å². The van der Waals surface area contributed by atoms with Gasteiger partial charge in [-0.25, -0.2) is 0 Å². The Labute approximate surface area is 183 Å². The maximum atomic E-state index is 11.9. The van der Waals surface area contributed by atoms with Crippen LogP contribution in [0.3, 0.4) is 0 Å². The predicted octanol–water partition coefficient (Wildman–Crippen LogP) is 3.25. The van der Waals surface area contributed by atoms with Gasteiger partial charge in [-0.1, -0.05) is 41.4 Å². The van der Waals surface area contributed by atoms with E-state index in [2.05, 4.69) is 16.2 Å². The number of hydrazine groups is 1. The number of amides is 2. The largest absolute Gasteiger partial charge is 0.492 e. The zero-order chi connectivity index (χ0) is 21.1. The number of rotatable bonds is 8. The minimum absolute atomic E-state index is 0.0234. The van der Waals surface area contributed by atoms with Gasteiger partial charge < -0.3 is 14.8 Å². The lowest BCUT2D eigenvalue weighted by molar-refractivity contribution is -0.124. The van der Waals surface area contributed by atoms with E-state index in [-0.39, 0.29) is 24.0 Å². The lowest BCUT2D eigenvalue weighted by Gasteiger charge is -2.12. The number of halogens is 2. The Morgan fingerprint density at radius 1 is 0.966 bits per heavy atom. The van der Waals surface area contributed by atoms with Gasteiger partial charge in [0.05, 0.1) is 11.6 Å². The Morgan fingerprint density at radius 3 is 2.45 bits per heavy atom. The van der Waals surface area contributed by atoms with E-state index in [1.807, 2.05) is 6.07 Å². The van der Waals surface area contributed by atoms with Crippen LogP contribution < -0.4 is 25.6 Å². The smallest absolute Gasteiger partial charge is 0.276 e. The Hall–Kier alpha value is -2.55. The van der Waals surface area contributed by atoms with Crippen molar-refractivity contribution in [3.8, 4) is 11.5 Å². The van der Waals surface area contributed by atoms with Crippen molar-refractivity contribution in [1.29, 1.82) is 0 Å². The topological polar surface area (TPSA) is 88.7 Å². The number of hydrogen-bond acceptors (Lipinski definition) is 5. The van der Waals surface area contributed by atoms with E-state index >= 15 is 0 Å². The maximum absolute atomic E-state index is 11.9. The van der Waals surface area contributed by atoms with Crippen LogP contribution in [0, 0.1) is 0 Å². The first-order valence-corrected chi connectivity index (χ1v) is 9.75. The molecule has 0 aliphatic rings. The Kier molecular flexibility index (Phi) is 9.49. The van der Waals surface area contributed by atoms with E-state index in [1.165, 1.54) is 0 Å². The normalized spacial score (nSPS) is 10.0. The van der Waals surface area contributed by atoms with E-state index < -0.39 is 5.91 Å². The second-order valence-electron chi connectivity index (χ2n) is 5.68. The minimum atomic E-state index is -0.446. The third-order valence-corrected chi connectivity index (χ3v) is 4.12. The highest BCUT2D eigenvalue weighted by atomic mass is 35.5. The van der Waals surface area contributed by atoms with E-state index in [0.29, 0.717) is 34.6 Å². The van der Waals surface area contributed by atoms with Gasteiger partial charge in [0.2, 0.25) is 5.91 Å². The minimum Gasteiger partial charge on any atom is -0.492 e. The molecule has 2 amide bonds. The number of nitrogens with one attached hydrogen (secondary N) is 3. The summed E-state index contributed by atoms with van der Waals surface area (Å²) in [5, 5.41) is 3.35. The van der Waals surface area contributed by atoms with Gasteiger partial charge in [0, 0.05) is 11.4 Å². The van der Waals surface area contributed by atoms with Gasteiger partial charge in [0.1, 0.15) is 11.5 Å². The molecule has 0 spiro atoms. The van der Waals surface area contributed by atoms with Crippen molar-refractivity contribution in [2.45, 2.75) is 12.8 Å². The average Bonchev–Trinajstić information content (AvgIpc) is 2.70. The zero-order valence-electron chi connectivity index (χ0n) is 15.2. The lowest BCUT2D eigenvalue weighted by Crippen LogP contribution is -2.49. The average molecular weight is 456 g/mol. The highest BCUT2D eigenvalue weighted by Gasteiger charge is 2.08. The third-order valence-electron chi connectivity index (χ3n) is 3.38. The van der Waals surface area contributed by atoms with Crippen molar-refractivity contribution in [2.75, 3.05) is 13.2 Å². The molecular weight excluding hydrogens is 437 g/mol. The molecule has 0 aromatic heterocycles. The molecule has 0 aliphatic heterocycles. The van der Waals surface area contributed by atoms with Gasteiger partial charge in [-0.3, -0.25) is 20.4 Å². The molecule has 2 rings (SSSR count). The second kappa shape index (κ2) is 12.1. The van der Waals surface area contributed by atoms with Crippen LogP contribution in [0.15, 0.2) is 48.5 Å². The predicted molar refractivity (Wildman–Crippen MR) is 115 cm³/mol. The zero-order valence-corrected chi connectivity index (χ0v) is 17.6. The van der Waals surface area contributed by atoms with Gasteiger partial charge in [-0.2, -0.15) is 0 Å². The fourth-order valence-corrected chi connectivity index (χ4v) is 2.68. The molecule has 2 aromatic carbocycles. The first-order valence-electron chi connectivity index (χ1n) is 8.58. The summed E-state index contributed by atoms with van der Waals surface area (Å²) in [7, 11) is 0. The van der Waals surface area contributed by atoms with E-state index in [0.717, 1.165) is 0 Å². The number of ether oxygens (including phenoxy) is 2. The molecule has 0 aliphatic carbocycles. The highest BCUT2D eigenvalue weighted by molar-refractivity contribution is 7.80. The Morgan fingerprint density at radius 2 is 1.72 bits per heavy atom. The molecule has 2 aromatic rings. The SMILES string of the molecule is O=C(COc1ccccc1)NNC(=S)NC(=O)CCCOc1ccc(Cl)cc1Cl. The van der Waals surface area contributed by atoms with Crippen LogP contribution in [0.25, 0.3) is 0 Å². The highest BCUT2D eigenvalue weighted by Crippen LogP contribution is 2.27. The van der Waals surface area contributed by atoms with Crippen LogP contribution in [0.4, 0.5) is 0 Å². The van der Waals surface area contributed by atoms with Crippen LogP contribution in [0.5, 0.6) is 11.5 Å². The first-order chi connectivity index (χ1) is 13.9. The lowest BCUT2D eigenvalue weighted by atomic mass is 10.3. The third kappa shape index (κ3) is 8.99. The summed E-state index contributed by atoms with van der Waals surface area (Å²) in [6.45, 7) is 0.0979. The number of carbonyl (C=O) groups is 2. The quantitative estimate of drug-likeness (QED) is 0.321. The van der Waals surface area contributed by atoms with E-state index in [9.17, 15) is 9.59 Å². The van der Waals surface area contributed by atoms with Crippen LogP contribution >= 0.6 is 35.4 Å². The fraction of sp³-hybridized carbons (Fsp3) is 0.211. The second-order valence-corrected chi connectivity index (χ2v) is 6.93. The summed E-state index contributed by atoms with van der Waals surface area (Å²) in [5.74, 6) is 0.302. The van der Waals surface area contributed by atoms with Crippen molar-refractivity contribution in [3.63, 3.8) is 0 Å². The monoisotopic (exact) mass is 455 g/mol. The van der Waals surface area contributed by atoms with Gasteiger partial charge in [-0.05, 0) is 49.0 Å². The molecule has 29 heavy (non-hydrogen) atoms. The number of para-hydroxylation sites is 1. The van der Waals surface area contributed by atoms with Crippen molar-refractivity contribution >= 4 is 52.3 Å². The van der Waals surface area contributed by atoms with Gasteiger partial charge in [-0.15, -0.1) is 0 Å². The Bertz CT molecular complexity index is 853. The van der Waals surface area contributed by atoms with Crippen LogP contribution in [0.2, 0.25) is 10.0 Å². The molecule has 7 nitrogen and oxygen atoms in total. The molecule has 0 fully saturated rings. The summed E-state index contributed by atoms with van der Waals surface area (Å²) in [5.41, 5.74) is 4.77. The number of carbonyl (C=O) groups excluding carboxylic acids is 2. The molecule has 3 N–H and O–H groups in total. The molecule has 0 bridgehead atoms.